The number of halogens is 1. The number of rotatable bonds is 7. The summed E-state index contributed by atoms with van der Waals surface area (Å²) in [6.45, 7) is 2.12. The minimum atomic E-state index is -3.23. The van der Waals surface area contributed by atoms with Gasteiger partial charge in [0.05, 0.1) is 10.6 Å². The molecule has 0 spiro atoms. The third kappa shape index (κ3) is 4.86. The van der Waals surface area contributed by atoms with Crippen molar-refractivity contribution in [1.82, 2.24) is 0 Å². The van der Waals surface area contributed by atoms with E-state index in [0.29, 0.717) is 6.42 Å². The third-order valence-electron chi connectivity index (χ3n) is 2.69. The van der Waals surface area contributed by atoms with Gasteiger partial charge < -0.3 is 0 Å². The number of unbranched alkanes of at least 4 members (excludes halogenated alkanes) is 4. The molecule has 4 heteroatoms. The van der Waals surface area contributed by atoms with E-state index in [1.165, 1.54) is 24.3 Å². The van der Waals surface area contributed by atoms with Crippen LogP contribution >= 0.6 is 0 Å². The maximum absolute atomic E-state index is 12.7. The smallest absolute Gasteiger partial charge is 0.178 e. The zero-order chi connectivity index (χ0) is 12.7. The summed E-state index contributed by atoms with van der Waals surface area (Å²) in [5, 5.41) is 0. The van der Waals surface area contributed by atoms with Crippen LogP contribution in [-0.4, -0.2) is 14.2 Å². The number of sulfone groups is 1. The van der Waals surface area contributed by atoms with Gasteiger partial charge >= 0.3 is 0 Å². The number of hydrogen-bond acceptors (Lipinski definition) is 2. The molecule has 0 radical (unpaired) electrons. The molecule has 0 aromatic heterocycles. The zero-order valence-electron chi connectivity index (χ0n) is 10.2. The lowest BCUT2D eigenvalue weighted by molar-refractivity contribution is 0.586. The molecule has 0 saturated carbocycles. The van der Waals surface area contributed by atoms with Crippen LogP contribution in [0.5, 0.6) is 0 Å². The second kappa shape index (κ2) is 6.74. The summed E-state index contributed by atoms with van der Waals surface area (Å²) in [6.07, 6.45) is 4.99. The second-order valence-corrected chi connectivity index (χ2v) is 6.30. The molecule has 0 fully saturated rings. The van der Waals surface area contributed by atoms with E-state index in [0.717, 1.165) is 25.7 Å². The summed E-state index contributed by atoms with van der Waals surface area (Å²) in [7, 11) is -3.23. The number of benzene rings is 1. The Morgan fingerprint density at radius 3 is 2.18 bits per heavy atom. The van der Waals surface area contributed by atoms with Crippen LogP contribution in [0, 0.1) is 5.82 Å². The zero-order valence-corrected chi connectivity index (χ0v) is 11.0. The Labute approximate surface area is 103 Å². The van der Waals surface area contributed by atoms with Crippen molar-refractivity contribution < 1.29 is 12.8 Å². The molecular formula is C13H19FO2S. The molecule has 96 valence electrons. The standard InChI is InChI=1S/C13H19FO2S/c1-2-3-4-5-6-11-17(15,16)13-9-7-12(14)8-10-13/h7-10H,2-6,11H2,1H3. The van der Waals surface area contributed by atoms with Gasteiger partial charge in [0.25, 0.3) is 0 Å². The summed E-state index contributed by atoms with van der Waals surface area (Å²) in [4.78, 5) is 0.217. The first-order valence-corrected chi connectivity index (χ1v) is 7.70. The fourth-order valence-electron chi connectivity index (χ4n) is 1.66. The fraction of sp³-hybridized carbons (Fsp3) is 0.538. The molecule has 0 amide bonds. The van der Waals surface area contributed by atoms with E-state index in [2.05, 4.69) is 6.92 Å². The van der Waals surface area contributed by atoms with Crippen LogP contribution in [0.3, 0.4) is 0 Å². The molecule has 1 aromatic carbocycles. The lowest BCUT2D eigenvalue weighted by atomic mass is 10.2. The molecule has 0 unspecified atom stereocenters. The minimum absolute atomic E-state index is 0.155. The summed E-state index contributed by atoms with van der Waals surface area (Å²) in [5.74, 6) is -0.255. The number of hydrogen-bond donors (Lipinski definition) is 0. The highest BCUT2D eigenvalue weighted by atomic mass is 32.2. The molecule has 0 heterocycles. The summed E-state index contributed by atoms with van der Waals surface area (Å²) in [5.41, 5.74) is 0. The molecule has 2 nitrogen and oxygen atoms in total. The van der Waals surface area contributed by atoms with Crippen LogP contribution in [0.15, 0.2) is 29.2 Å². The molecule has 0 bridgehead atoms. The van der Waals surface area contributed by atoms with Crippen LogP contribution in [0.25, 0.3) is 0 Å². The topological polar surface area (TPSA) is 34.1 Å². The predicted octanol–water partition coefficient (Wildman–Crippen LogP) is 3.57. The van der Waals surface area contributed by atoms with E-state index in [4.69, 9.17) is 0 Å². The fourth-order valence-corrected chi connectivity index (χ4v) is 3.03. The molecule has 0 N–H and O–H groups in total. The highest BCUT2D eigenvalue weighted by molar-refractivity contribution is 7.91. The van der Waals surface area contributed by atoms with Crippen molar-refractivity contribution in [3.63, 3.8) is 0 Å². The van der Waals surface area contributed by atoms with Crippen molar-refractivity contribution >= 4 is 9.84 Å². The Bertz CT molecular complexity index is 423. The van der Waals surface area contributed by atoms with Gasteiger partial charge in [-0.2, -0.15) is 0 Å². The molecule has 1 aromatic rings. The van der Waals surface area contributed by atoms with Crippen molar-refractivity contribution in [3.8, 4) is 0 Å². The first-order valence-electron chi connectivity index (χ1n) is 6.04. The van der Waals surface area contributed by atoms with Crippen LogP contribution in [0.1, 0.15) is 39.0 Å². The third-order valence-corrected chi connectivity index (χ3v) is 4.51. The van der Waals surface area contributed by atoms with Gasteiger partial charge in [0.15, 0.2) is 9.84 Å². The Morgan fingerprint density at radius 1 is 1.00 bits per heavy atom. The largest absolute Gasteiger partial charge is 0.224 e. The second-order valence-electron chi connectivity index (χ2n) is 4.19. The molecule has 1 rings (SSSR count). The highest BCUT2D eigenvalue weighted by Crippen LogP contribution is 2.14. The highest BCUT2D eigenvalue weighted by Gasteiger charge is 2.13. The molecule has 17 heavy (non-hydrogen) atoms. The SMILES string of the molecule is CCCCCCCS(=O)(=O)c1ccc(F)cc1. The van der Waals surface area contributed by atoms with E-state index < -0.39 is 15.7 Å². The molecule has 0 atom stereocenters. The summed E-state index contributed by atoms with van der Waals surface area (Å²) in [6, 6.07) is 5.03. The lowest BCUT2D eigenvalue weighted by Crippen LogP contribution is -2.06. The monoisotopic (exact) mass is 258 g/mol. The first kappa shape index (κ1) is 14.2. The van der Waals surface area contributed by atoms with Crippen LogP contribution in [-0.2, 0) is 9.84 Å². The molecule has 0 saturated heterocycles. The molecular weight excluding hydrogens is 239 g/mol. The van der Waals surface area contributed by atoms with Gasteiger partial charge in [-0.3, -0.25) is 0 Å². The van der Waals surface area contributed by atoms with E-state index in [1.54, 1.807) is 0 Å². The first-order chi connectivity index (χ1) is 8.06. The quantitative estimate of drug-likeness (QED) is 0.553. The van der Waals surface area contributed by atoms with Crippen LogP contribution < -0.4 is 0 Å². The Morgan fingerprint density at radius 2 is 1.59 bits per heavy atom. The van der Waals surface area contributed by atoms with Gasteiger partial charge in [0.1, 0.15) is 5.82 Å². The Kier molecular flexibility index (Phi) is 5.62. The predicted molar refractivity (Wildman–Crippen MR) is 67.2 cm³/mol. The van der Waals surface area contributed by atoms with Gasteiger partial charge in [-0.15, -0.1) is 0 Å². The lowest BCUT2D eigenvalue weighted by Gasteiger charge is -2.04. The molecule has 0 aliphatic carbocycles. The summed E-state index contributed by atoms with van der Waals surface area (Å²) >= 11 is 0. The minimum Gasteiger partial charge on any atom is -0.224 e. The maximum Gasteiger partial charge on any atom is 0.178 e. The van der Waals surface area contributed by atoms with E-state index in [-0.39, 0.29) is 10.6 Å². The van der Waals surface area contributed by atoms with Crippen molar-refractivity contribution in [2.24, 2.45) is 0 Å². The van der Waals surface area contributed by atoms with Crippen molar-refractivity contribution in [2.45, 2.75) is 43.9 Å². The van der Waals surface area contributed by atoms with Crippen LogP contribution in [0.2, 0.25) is 0 Å². The van der Waals surface area contributed by atoms with E-state index in [1.807, 2.05) is 0 Å². The van der Waals surface area contributed by atoms with Gasteiger partial charge in [0.2, 0.25) is 0 Å². The average molecular weight is 258 g/mol. The van der Waals surface area contributed by atoms with Crippen molar-refractivity contribution in [1.29, 1.82) is 0 Å². The summed E-state index contributed by atoms with van der Waals surface area (Å²) < 4.78 is 36.4. The van der Waals surface area contributed by atoms with E-state index in [9.17, 15) is 12.8 Å². The van der Waals surface area contributed by atoms with Gasteiger partial charge in [-0.05, 0) is 30.7 Å². The Balaban J connectivity index is 2.48. The van der Waals surface area contributed by atoms with Crippen LogP contribution in [0.4, 0.5) is 4.39 Å². The van der Waals surface area contributed by atoms with Crippen molar-refractivity contribution in [3.05, 3.63) is 30.1 Å². The van der Waals surface area contributed by atoms with Gasteiger partial charge in [-0.1, -0.05) is 32.6 Å². The molecule has 0 aliphatic heterocycles. The maximum atomic E-state index is 12.7. The normalized spacial score (nSPS) is 11.6. The Hall–Kier alpha value is -0.900. The van der Waals surface area contributed by atoms with Gasteiger partial charge in [0, 0.05) is 0 Å². The van der Waals surface area contributed by atoms with Crippen molar-refractivity contribution in [2.75, 3.05) is 5.75 Å². The average Bonchev–Trinajstić information content (AvgIpc) is 2.29. The molecule has 0 aliphatic rings. The van der Waals surface area contributed by atoms with E-state index >= 15 is 0 Å². The van der Waals surface area contributed by atoms with Gasteiger partial charge in [-0.25, -0.2) is 12.8 Å².